The van der Waals surface area contributed by atoms with E-state index in [0.29, 0.717) is 9.37 Å². The molecule has 1 N–H and O–H groups in total. The van der Waals surface area contributed by atoms with Gasteiger partial charge in [-0.25, -0.2) is 30.2 Å². The third-order valence-electron chi connectivity index (χ3n) is 5.16. The van der Waals surface area contributed by atoms with Gasteiger partial charge >= 0.3 is 16.4 Å². The van der Waals surface area contributed by atoms with Crippen LogP contribution in [0.25, 0.3) is 0 Å². The van der Waals surface area contributed by atoms with Gasteiger partial charge in [0.15, 0.2) is 0 Å². The Hall–Kier alpha value is -1.53. The highest BCUT2D eigenvalue weighted by Crippen LogP contribution is 2.34. The van der Waals surface area contributed by atoms with Gasteiger partial charge in [-0.2, -0.15) is 13.5 Å². The number of sulfonamides is 2. The number of carbonyl (C=O) groups excluding carboxylic acids is 2. The summed E-state index contributed by atoms with van der Waals surface area (Å²) in [5, 5.41) is -0.727. The Morgan fingerprint density at radius 1 is 1.10 bits per heavy atom. The van der Waals surface area contributed by atoms with Gasteiger partial charge in [-0.05, 0) is 19.3 Å². The van der Waals surface area contributed by atoms with Crippen molar-refractivity contribution in [2.75, 3.05) is 25.9 Å². The van der Waals surface area contributed by atoms with E-state index in [2.05, 4.69) is 4.28 Å². The second-order valence-corrected chi connectivity index (χ2v) is 12.1. The normalized spacial score (nSPS) is 28.8. The maximum atomic E-state index is 13.0. The fourth-order valence-electron chi connectivity index (χ4n) is 3.79. The van der Waals surface area contributed by atoms with Gasteiger partial charge in [-0.1, -0.05) is 0 Å². The van der Waals surface area contributed by atoms with Crippen molar-refractivity contribution in [3.63, 3.8) is 0 Å². The summed E-state index contributed by atoms with van der Waals surface area (Å²) in [5.74, 6) is 0. The largest absolute Gasteiger partial charge is 0.418 e. The van der Waals surface area contributed by atoms with Crippen molar-refractivity contribution in [2.45, 2.75) is 36.7 Å². The molecule has 0 unspecified atom stereocenters. The van der Waals surface area contributed by atoms with Crippen molar-refractivity contribution < 1.29 is 43.7 Å². The van der Waals surface area contributed by atoms with Crippen molar-refractivity contribution in [2.24, 2.45) is 0 Å². The summed E-state index contributed by atoms with van der Waals surface area (Å²) < 4.78 is 85.7. The molecule has 2 bridgehead atoms. The minimum absolute atomic E-state index is 0.0129. The predicted octanol–water partition coefficient (Wildman–Crippen LogP) is -2.23. The zero-order valence-corrected chi connectivity index (χ0v) is 17.6. The van der Waals surface area contributed by atoms with E-state index in [9.17, 15) is 34.8 Å². The number of hydrogen-bond donors (Lipinski definition) is 1. The lowest BCUT2D eigenvalue weighted by Gasteiger charge is -2.37. The number of carbonyl (C=O) groups is 2. The molecule has 0 aromatic heterocycles. The number of nitrogens with zero attached hydrogens (tertiary/aromatic N) is 4. The first-order valence-corrected chi connectivity index (χ1v) is 13.2. The first kappa shape index (κ1) is 22.2. The lowest BCUT2D eigenvalue weighted by atomic mass is 10.1. The van der Waals surface area contributed by atoms with E-state index in [1.807, 2.05) is 0 Å². The van der Waals surface area contributed by atoms with Crippen LogP contribution in [0.3, 0.4) is 0 Å². The zero-order valence-electron chi connectivity index (χ0n) is 15.2. The predicted molar refractivity (Wildman–Crippen MR) is 95.0 cm³/mol. The Labute approximate surface area is 168 Å². The molecule has 3 aliphatic rings. The fraction of sp³-hybridized carbons (Fsp3) is 0.833. The van der Waals surface area contributed by atoms with Crippen LogP contribution in [0.2, 0.25) is 0 Å². The Balaban J connectivity index is 1.82. The molecule has 0 aromatic rings. The molecule has 3 amide bonds. The minimum Gasteiger partial charge on any atom is -0.299 e. The molecule has 29 heavy (non-hydrogen) atoms. The van der Waals surface area contributed by atoms with Crippen molar-refractivity contribution in [1.82, 2.24) is 18.6 Å². The molecule has 3 aliphatic heterocycles. The second kappa shape index (κ2) is 7.31. The molecule has 0 saturated carbocycles. The second-order valence-electron chi connectivity index (χ2n) is 6.99. The quantitative estimate of drug-likeness (QED) is 0.312. The molecular formula is C12H20N4O10S3. The van der Waals surface area contributed by atoms with Crippen LogP contribution in [0.4, 0.5) is 4.79 Å². The van der Waals surface area contributed by atoms with Crippen LogP contribution in [-0.2, 0) is 39.5 Å². The number of urea groups is 1. The van der Waals surface area contributed by atoms with Gasteiger partial charge in [-0.15, -0.1) is 4.28 Å². The van der Waals surface area contributed by atoms with Gasteiger partial charge in [0.05, 0.1) is 17.5 Å². The average molecular weight is 477 g/mol. The maximum absolute atomic E-state index is 13.0. The van der Waals surface area contributed by atoms with E-state index in [-0.39, 0.29) is 45.3 Å². The smallest absolute Gasteiger partial charge is 0.299 e. The number of amides is 3. The highest BCUT2D eigenvalue weighted by Gasteiger charge is 2.52. The lowest BCUT2D eigenvalue weighted by molar-refractivity contribution is -0.117. The molecule has 0 radical (unpaired) electrons. The summed E-state index contributed by atoms with van der Waals surface area (Å²) >= 11 is 0. The standard InChI is InChI=1S/C12H20N4O10S3/c1-27(19,20)13-5-4-10(7-13)28(21,22)15(8-17)11-3-2-9-6-14(11)12(18)16(9)26-29(23,24)25/h8-11H,2-7H2,1H3,(H,23,24,25)/t9-,10-,11+/m1/s1. The SMILES string of the molecule is CS(=O)(=O)N1CC[C@@H](S(=O)(=O)N(C=O)[C@H]2CC[C@@H]3CN2C(=O)N3OS(=O)(=O)O)C1. The molecule has 3 atom stereocenters. The number of piperidine rings is 1. The molecule has 166 valence electrons. The third kappa shape index (κ3) is 4.19. The van der Waals surface area contributed by atoms with Crippen molar-refractivity contribution in [3.05, 3.63) is 0 Å². The minimum atomic E-state index is -4.97. The van der Waals surface area contributed by atoms with Crippen LogP contribution in [0.15, 0.2) is 0 Å². The fourth-order valence-corrected chi connectivity index (χ4v) is 6.95. The summed E-state index contributed by atoms with van der Waals surface area (Å²) in [4.78, 5) is 25.1. The highest BCUT2D eigenvalue weighted by atomic mass is 32.3. The number of hydroxylamine groups is 2. The average Bonchev–Trinajstić information content (AvgIpc) is 3.17. The maximum Gasteiger partial charge on any atom is 0.418 e. The van der Waals surface area contributed by atoms with Crippen LogP contribution in [-0.4, -0.2) is 104 Å². The molecule has 3 heterocycles. The highest BCUT2D eigenvalue weighted by molar-refractivity contribution is 7.90. The Bertz CT molecular complexity index is 1010. The zero-order chi connectivity index (χ0) is 21.8. The van der Waals surface area contributed by atoms with Gasteiger partial charge < -0.3 is 0 Å². The third-order valence-corrected chi connectivity index (χ3v) is 8.92. The van der Waals surface area contributed by atoms with Gasteiger partial charge in [0.1, 0.15) is 6.17 Å². The van der Waals surface area contributed by atoms with Crippen molar-refractivity contribution in [3.8, 4) is 0 Å². The number of rotatable bonds is 7. The summed E-state index contributed by atoms with van der Waals surface area (Å²) in [6, 6.07) is -1.76. The van der Waals surface area contributed by atoms with Crippen LogP contribution >= 0.6 is 0 Å². The number of fused-ring (bicyclic) bond motifs is 2. The Morgan fingerprint density at radius 2 is 1.76 bits per heavy atom. The molecular weight excluding hydrogens is 456 g/mol. The summed E-state index contributed by atoms with van der Waals surface area (Å²) in [5.41, 5.74) is 0. The first-order valence-electron chi connectivity index (χ1n) is 8.45. The van der Waals surface area contributed by atoms with E-state index >= 15 is 0 Å². The molecule has 0 aliphatic carbocycles. The van der Waals surface area contributed by atoms with Crippen LogP contribution in [0.1, 0.15) is 19.3 Å². The molecule has 0 spiro atoms. The van der Waals surface area contributed by atoms with Crippen LogP contribution < -0.4 is 0 Å². The van der Waals surface area contributed by atoms with Crippen molar-refractivity contribution in [1.29, 1.82) is 0 Å². The van der Waals surface area contributed by atoms with E-state index in [1.165, 1.54) is 0 Å². The van der Waals surface area contributed by atoms with E-state index in [1.54, 1.807) is 0 Å². The van der Waals surface area contributed by atoms with E-state index in [4.69, 9.17) is 4.55 Å². The van der Waals surface area contributed by atoms with E-state index < -0.39 is 53.9 Å². The molecule has 3 rings (SSSR count). The Kier molecular flexibility index (Phi) is 5.59. The molecule has 17 heteroatoms. The lowest BCUT2D eigenvalue weighted by Crippen LogP contribution is -2.55. The van der Waals surface area contributed by atoms with Gasteiger partial charge in [0.2, 0.25) is 26.5 Å². The topological polar surface area (TPSA) is 179 Å². The molecule has 3 fully saturated rings. The van der Waals surface area contributed by atoms with Crippen molar-refractivity contribution >= 4 is 42.9 Å². The van der Waals surface area contributed by atoms with Crippen LogP contribution in [0.5, 0.6) is 0 Å². The molecule has 3 saturated heterocycles. The van der Waals surface area contributed by atoms with Gasteiger partial charge in [0, 0.05) is 19.6 Å². The number of hydrogen-bond acceptors (Lipinski definition) is 9. The van der Waals surface area contributed by atoms with E-state index in [0.717, 1.165) is 15.5 Å². The molecule has 14 nitrogen and oxygen atoms in total. The summed E-state index contributed by atoms with van der Waals surface area (Å²) in [6.07, 6.45) is -0.0918. The summed E-state index contributed by atoms with van der Waals surface area (Å²) in [7, 11) is -12.9. The first-order chi connectivity index (χ1) is 13.3. The van der Waals surface area contributed by atoms with Gasteiger partial charge in [-0.3, -0.25) is 14.2 Å². The summed E-state index contributed by atoms with van der Waals surface area (Å²) in [6.45, 7) is -0.438. The molecule has 0 aromatic carbocycles. The Morgan fingerprint density at radius 3 is 2.28 bits per heavy atom. The van der Waals surface area contributed by atoms with Gasteiger partial charge in [0.25, 0.3) is 0 Å². The van der Waals surface area contributed by atoms with Crippen LogP contribution in [0, 0.1) is 0 Å². The monoisotopic (exact) mass is 476 g/mol.